The Morgan fingerprint density at radius 3 is 2.32 bits per heavy atom. The van der Waals surface area contributed by atoms with E-state index in [4.69, 9.17) is 4.74 Å². The lowest BCUT2D eigenvalue weighted by Crippen LogP contribution is -2.40. The monoisotopic (exact) mass is 641 g/mol. The van der Waals surface area contributed by atoms with Crippen LogP contribution in [0.15, 0.2) is 59.6 Å². The maximum absolute atomic E-state index is 13.6. The van der Waals surface area contributed by atoms with Gasteiger partial charge in [-0.3, -0.25) is 0 Å². The fraction of sp³-hybridized carbons (Fsp3) is 0.469. The van der Waals surface area contributed by atoms with Gasteiger partial charge in [0.15, 0.2) is 0 Å². The van der Waals surface area contributed by atoms with Crippen LogP contribution in [0.1, 0.15) is 89.8 Å². The van der Waals surface area contributed by atoms with E-state index in [9.17, 15) is 18.0 Å². The van der Waals surface area contributed by atoms with Gasteiger partial charge in [0.05, 0.1) is 26.9 Å². The smallest absolute Gasteiger partial charge is 0.407 e. The Morgan fingerprint density at radius 2 is 1.68 bits per heavy atom. The molecule has 0 aliphatic heterocycles. The predicted octanol–water partition coefficient (Wildman–Crippen LogP) is 6.93. The average Bonchev–Trinajstić information content (AvgIpc) is 3.42. The van der Waals surface area contributed by atoms with Gasteiger partial charge in [0.25, 0.3) is 0 Å². The van der Waals surface area contributed by atoms with Crippen molar-refractivity contribution < 1.29 is 22.7 Å². The highest BCUT2D eigenvalue weighted by molar-refractivity contribution is 7.89. The summed E-state index contributed by atoms with van der Waals surface area (Å²) in [5, 5.41) is 9.57. The van der Waals surface area contributed by atoms with Gasteiger partial charge in [-0.25, -0.2) is 27.7 Å². The van der Waals surface area contributed by atoms with Crippen molar-refractivity contribution in [1.82, 2.24) is 20.3 Å². The minimum absolute atomic E-state index is 0.0603. The molecule has 0 radical (unpaired) electrons. The van der Waals surface area contributed by atoms with Crippen LogP contribution in [-0.2, 0) is 14.8 Å². The second-order valence-electron chi connectivity index (χ2n) is 12.5. The molecule has 10 nitrogen and oxygen atoms in total. The fourth-order valence-electron chi connectivity index (χ4n) is 5.17. The normalized spacial score (nSPS) is 18.0. The van der Waals surface area contributed by atoms with Crippen LogP contribution >= 0.6 is 11.3 Å². The maximum atomic E-state index is 13.6. The Morgan fingerprint density at radius 1 is 1.00 bits per heavy atom. The first-order valence-corrected chi connectivity index (χ1v) is 17.2. The largest absolute Gasteiger partial charge is 0.447 e. The number of thiazole rings is 1. The quantitative estimate of drug-likeness (QED) is 0.200. The van der Waals surface area contributed by atoms with Crippen molar-refractivity contribution in [3.05, 3.63) is 65.3 Å². The highest BCUT2D eigenvalue weighted by Gasteiger charge is 2.29. The minimum Gasteiger partial charge on any atom is -0.447 e. The molecule has 1 saturated carbocycles. The molecule has 0 saturated heterocycles. The molecule has 0 spiro atoms. The number of aromatic nitrogens is 1. The van der Waals surface area contributed by atoms with Crippen LogP contribution in [0.25, 0.3) is 10.4 Å². The molecule has 4 rings (SSSR count). The third-order valence-electron chi connectivity index (χ3n) is 7.15. The molecule has 12 heteroatoms. The molecule has 3 aromatic rings. The molecule has 1 atom stereocenters. The standard InChI is InChI=1S/C32H43N5O5S2/c1-20(2)42-31(39)36-24-14-12-23(13-15-24)29-33-19-27(43-29)26-17-16-25(18-28(26)44(40,41)37-32(4,5)6)35-30(38)34-21(3)22-10-8-7-9-11-22/h7-11,16-21,23-24,37H,12-15H2,1-6H3,(H,36,39)(H2,34,35,38)/t21-,23?,24?/m1/s1. The number of rotatable bonds is 9. The number of nitrogens with one attached hydrogen (secondary N) is 4. The second kappa shape index (κ2) is 14.1. The molecule has 1 heterocycles. The van der Waals surface area contributed by atoms with Crippen LogP contribution in [0, 0.1) is 0 Å². The lowest BCUT2D eigenvalue weighted by atomic mass is 9.86. The van der Waals surface area contributed by atoms with E-state index in [0.717, 1.165) is 41.1 Å². The Kier molecular flexibility index (Phi) is 10.7. The van der Waals surface area contributed by atoms with E-state index in [2.05, 4.69) is 25.7 Å². The fourth-order valence-corrected chi connectivity index (χ4v) is 8.03. The molecule has 238 valence electrons. The first-order chi connectivity index (χ1) is 20.7. The van der Waals surface area contributed by atoms with Crippen LogP contribution in [0.5, 0.6) is 0 Å². The highest BCUT2D eigenvalue weighted by atomic mass is 32.2. The Hall–Kier alpha value is -3.48. The first kappa shape index (κ1) is 33.4. The van der Waals surface area contributed by atoms with Gasteiger partial charge in [0, 0.05) is 34.9 Å². The predicted molar refractivity (Wildman–Crippen MR) is 174 cm³/mol. The number of urea groups is 1. The number of sulfonamides is 1. The lowest BCUT2D eigenvalue weighted by molar-refractivity contribution is 0.109. The molecule has 1 aromatic heterocycles. The number of hydrogen-bond acceptors (Lipinski definition) is 7. The van der Waals surface area contributed by atoms with Crippen molar-refractivity contribution in [2.75, 3.05) is 5.32 Å². The number of benzene rings is 2. The zero-order valence-corrected chi connectivity index (χ0v) is 27.8. The van der Waals surface area contributed by atoms with E-state index in [1.807, 2.05) is 51.1 Å². The summed E-state index contributed by atoms with van der Waals surface area (Å²) < 4.78 is 35.2. The van der Waals surface area contributed by atoms with Crippen LogP contribution in [-0.4, -0.2) is 43.2 Å². The molecular weight excluding hydrogens is 599 g/mol. The van der Waals surface area contributed by atoms with E-state index >= 15 is 0 Å². The van der Waals surface area contributed by atoms with Crippen LogP contribution in [0.2, 0.25) is 0 Å². The molecule has 1 aliphatic carbocycles. The van der Waals surface area contributed by atoms with Crippen molar-refractivity contribution in [1.29, 1.82) is 0 Å². The van der Waals surface area contributed by atoms with Gasteiger partial charge in [-0.1, -0.05) is 36.4 Å². The van der Waals surface area contributed by atoms with Gasteiger partial charge in [0.2, 0.25) is 10.0 Å². The molecule has 0 unspecified atom stereocenters. The number of ether oxygens (including phenoxy) is 1. The van der Waals surface area contributed by atoms with Crippen LogP contribution in [0.3, 0.4) is 0 Å². The summed E-state index contributed by atoms with van der Waals surface area (Å²) in [4.78, 5) is 30.3. The third-order valence-corrected chi connectivity index (χ3v) is 10.1. The molecule has 44 heavy (non-hydrogen) atoms. The summed E-state index contributed by atoms with van der Waals surface area (Å²) >= 11 is 1.48. The third kappa shape index (κ3) is 9.26. The number of alkyl carbamates (subject to hydrolysis) is 1. The van der Waals surface area contributed by atoms with Gasteiger partial charge in [-0.2, -0.15) is 0 Å². The first-order valence-electron chi connectivity index (χ1n) is 14.9. The zero-order chi connectivity index (χ0) is 32.1. The van der Waals surface area contributed by atoms with Crippen molar-refractivity contribution in [3.63, 3.8) is 0 Å². The summed E-state index contributed by atoms with van der Waals surface area (Å²) in [6, 6.07) is 13.9. The highest BCUT2D eigenvalue weighted by Crippen LogP contribution is 2.40. The molecule has 3 amide bonds. The molecule has 0 bridgehead atoms. The molecular formula is C32H43N5O5S2. The molecule has 1 aliphatic rings. The molecule has 2 aromatic carbocycles. The van der Waals surface area contributed by atoms with Gasteiger partial charge in [0.1, 0.15) is 0 Å². The summed E-state index contributed by atoms with van der Waals surface area (Å²) in [6.45, 7) is 10.9. The minimum atomic E-state index is -3.96. The van der Waals surface area contributed by atoms with Crippen molar-refractivity contribution in [3.8, 4) is 10.4 Å². The summed E-state index contributed by atoms with van der Waals surface area (Å²) in [5.41, 5.74) is 1.11. The second-order valence-corrected chi connectivity index (χ2v) is 15.2. The number of hydrogen-bond donors (Lipinski definition) is 4. The van der Waals surface area contributed by atoms with Crippen LogP contribution < -0.4 is 20.7 Å². The maximum Gasteiger partial charge on any atom is 0.407 e. The van der Waals surface area contributed by atoms with E-state index < -0.39 is 27.7 Å². The molecule has 4 N–H and O–H groups in total. The number of amides is 3. The number of anilines is 1. The van der Waals surface area contributed by atoms with Gasteiger partial charge >= 0.3 is 12.1 Å². The van der Waals surface area contributed by atoms with Crippen molar-refractivity contribution >= 4 is 39.2 Å². The van der Waals surface area contributed by atoms with Gasteiger partial charge in [-0.05, 0) is 84.9 Å². The Labute approximate surface area is 264 Å². The van der Waals surface area contributed by atoms with Gasteiger partial charge < -0.3 is 20.7 Å². The Bertz CT molecular complexity index is 1540. The summed E-state index contributed by atoms with van der Waals surface area (Å²) in [6.07, 6.45) is 4.50. The van der Waals surface area contributed by atoms with E-state index in [-0.39, 0.29) is 29.0 Å². The number of carbonyl (C=O) groups is 2. The van der Waals surface area contributed by atoms with E-state index in [1.54, 1.807) is 39.1 Å². The van der Waals surface area contributed by atoms with Crippen molar-refractivity contribution in [2.45, 2.75) is 102 Å². The SMILES string of the molecule is CC(C)OC(=O)NC1CCC(c2ncc(-c3ccc(NC(=O)N[C@H](C)c4ccccc4)cc3S(=O)(=O)NC(C)(C)C)s2)CC1. The summed E-state index contributed by atoms with van der Waals surface area (Å²) in [7, 11) is -3.96. The number of nitrogens with zero attached hydrogens (tertiary/aromatic N) is 1. The molecule has 1 fully saturated rings. The lowest BCUT2D eigenvalue weighted by Gasteiger charge is -2.28. The van der Waals surface area contributed by atoms with Crippen molar-refractivity contribution in [2.24, 2.45) is 0 Å². The average molecular weight is 642 g/mol. The van der Waals surface area contributed by atoms with E-state index in [1.165, 1.54) is 17.4 Å². The number of carbonyl (C=O) groups excluding carboxylic acids is 2. The topological polar surface area (TPSA) is 139 Å². The van der Waals surface area contributed by atoms with E-state index in [0.29, 0.717) is 11.3 Å². The summed E-state index contributed by atoms with van der Waals surface area (Å²) in [5.74, 6) is 0.219. The van der Waals surface area contributed by atoms with Crippen LogP contribution in [0.4, 0.5) is 15.3 Å². The van der Waals surface area contributed by atoms with Gasteiger partial charge in [-0.15, -0.1) is 11.3 Å². The zero-order valence-electron chi connectivity index (χ0n) is 26.1. The Balaban J connectivity index is 1.52.